The largest absolute Gasteiger partial charge is 0.508 e. The molecule has 0 saturated carbocycles. The molecule has 222 valence electrons. The third-order valence-corrected chi connectivity index (χ3v) is 8.72. The number of halogens is 3. The van der Waals surface area contributed by atoms with Crippen LogP contribution in [0.1, 0.15) is 30.5 Å². The quantitative estimate of drug-likeness (QED) is 0.235. The van der Waals surface area contributed by atoms with Crippen LogP contribution < -0.4 is 15.4 Å². The van der Waals surface area contributed by atoms with Gasteiger partial charge in [0, 0.05) is 12.1 Å². The lowest BCUT2D eigenvalue weighted by Gasteiger charge is -2.21. The van der Waals surface area contributed by atoms with E-state index in [1.165, 1.54) is 35.6 Å². The fourth-order valence-corrected chi connectivity index (χ4v) is 6.32. The number of aromatic nitrogens is 1. The monoisotopic (exact) mass is 614 g/mol. The maximum absolute atomic E-state index is 13.1. The highest BCUT2D eigenvalue weighted by Crippen LogP contribution is 2.35. The molecular weight excluding hydrogens is 585 g/mol. The van der Waals surface area contributed by atoms with Gasteiger partial charge in [-0.25, -0.2) is 18.2 Å². The lowest BCUT2D eigenvalue weighted by atomic mass is 9.94. The van der Waals surface area contributed by atoms with Crippen LogP contribution in [0.2, 0.25) is 0 Å². The number of aryl methyl sites for hydroxylation is 2. The molecule has 1 amide bonds. The van der Waals surface area contributed by atoms with Gasteiger partial charge in [-0.15, -0.1) is 0 Å². The molecule has 1 saturated heterocycles. The summed E-state index contributed by atoms with van der Waals surface area (Å²) in [5.41, 5.74) is 2.40. The summed E-state index contributed by atoms with van der Waals surface area (Å²) < 4.78 is 60.4. The number of thiazole rings is 1. The van der Waals surface area contributed by atoms with E-state index in [0.717, 1.165) is 36.5 Å². The average Bonchev–Trinajstić information content (AvgIpc) is 3.25. The first kappa shape index (κ1) is 31.8. The van der Waals surface area contributed by atoms with Gasteiger partial charge in [0.25, 0.3) is 10.0 Å². The average molecular weight is 615 g/mol. The molecule has 3 aromatic rings. The van der Waals surface area contributed by atoms with Gasteiger partial charge < -0.3 is 20.8 Å². The Labute approximate surface area is 238 Å². The van der Waals surface area contributed by atoms with Crippen LogP contribution in [-0.4, -0.2) is 54.8 Å². The van der Waals surface area contributed by atoms with E-state index in [2.05, 4.69) is 20.3 Å². The molecule has 1 fully saturated rings. The number of sulfonamides is 1. The number of hydrogen-bond acceptors (Lipinski definition) is 8. The number of phenols is 1. The van der Waals surface area contributed by atoms with Gasteiger partial charge in [0.05, 0.1) is 15.5 Å². The van der Waals surface area contributed by atoms with E-state index in [0.29, 0.717) is 34.3 Å². The maximum Gasteiger partial charge on any atom is 0.490 e. The first-order valence-corrected chi connectivity index (χ1v) is 14.7. The van der Waals surface area contributed by atoms with Crippen molar-refractivity contribution in [2.75, 3.05) is 23.1 Å². The van der Waals surface area contributed by atoms with Crippen molar-refractivity contribution in [3.05, 3.63) is 53.7 Å². The van der Waals surface area contributed by atoms with Crippen molar-refractivity contribution in [2.24, 2.45) is 5.92 Å². The van der Waals surface area contributed by atoms with Crippen molar-refractivity contribution >= 4 is 44.1 Å². The van der Waals surface area contributed by atoms with E-state index in [1.807, 2.05) is 13.0 Å². The van der Waals surface area contributed by atoms with E-state index in [9.17, 15) is 31.5 Å². The number of carboxylic acid groups (broad SMARTS) is 1. The van der Waals surface area contributed by atoms with Crippen molar-refractivity contribution in [2.45, 2.75) is 44.2 Å². The number of rotatable bonds is 7. The minimum Gasteiger partial charge on any atom is -0.508 e. The van der Waals surface area contributed by atoms with Gasteiger partial charge in [-0.2, -0.15) is 13.2 Å². The zero-order chi connectivity index (χ0) is 30.4. The molecule has 2 heterocycles. The minimum absolute atomic E-state index is 0.0440. The molecule has 2 aromatic carbocycles. The molecule has 0 spiro atoms. The normalized spacial score (nSPS) is 14.1. The van der Waals surface area contributed by atoms with Crippen molar-refractivity contribution in [1.82, 2.24) is 10.3 Å². The van der Waals surface area contributed by atoms with Gasteiger partial charge in [0.2, 0.25) is 5.91 Å². The Hall–Kier alpha value is -3.69. The molecule has 10 nitrogen and oxygen atoms in total. The zero-order valence-corrected chi connectivity index (χ0v) is 23.7. The molecule has 0 atom stereocenters. The number of nitrogens with zero attached hydrogens (tertiary/aromatic N) is 1. The molecule has 41 heavy (non-hydrogen) atoms. The lowest BCUT2D eigenvalue weighted by Crippen LogP contribution is -2.30. The number of benzene rings is 2. The Morgan fingerprint density at radius 3 is 2.29 bits per heavy atom. The topological polar surface area (TPSA) is 158 Å². The van der Waals surface area contributed by atoms with Crippen LogP contribution in [0.15, 0.2) is 47.4 Å². The summed E-state index contributed by atoms with van der Waals surface area (Å²) in [6.45, 7) is 5.47. The SMILES string of the molecule is Cc1ccc(-c2sc(NC(=O)CC3CCNCC3)nc2C)cc1S(=O)(=O)Nc1ccc(O)cc1.O=C(O)C(F)(F)F. The summed E-state index contributed by atoms with van der Waals surface area (Å²) in [5, 5.41) is 23.3. The Balaban J connectivity index is 0.000000587. The number of hydrogen-bond donors (Lipinski definition) is 5. The van der Waals surface area contributed by atoms with Crippen molar-refractivity contribution in [1.29, 1.82) is 0 Å². The van der Waals surface area contributed by atoms with E-state index < -0.39 is 22.2 Å². The summed E-state index contributed by atoms with van der Waals surface area (Å²) in [5.74, 6) is -2.36. The Kier molecular flexibility index (Phi) is 10.3. The highest BCUT2D eigenvalue weighted by Gasteiger charge is 2.38. The molecule has 0 aliphatic carbocycles. The van der Waals surface area contributed by atoms with Crippen LogP contribution in [0.25, 0.3) is 10.4 Å². The number of phenolic OH excluding ortho intramolecular Hbond substituents is 1. The third kappa shape index (κ3) is 9.16. The number of alkyl halides is 3. The summed E-state index contributed by atoms with van der Waals surface area (Å²) in [6.07, 6.45) is -2.62. The number of carboxylic acids is 1. The molecular formula is C26H29F3N4O6S2. The number of amides is 1. The summed E-state index contributed by atoms with van der Waals surface area (Å²) in [4.78, 5) is 26.8. The third-order valence-electron chi connectivity index (χ3n) is 6.08. The minimum atomic E-state index is -5.08. The Morgan fingerprint density at radius 1 is 1.10 bits per heavy atom. The van der Waals surface area contributed by atoms with Gasteiger partial charge in [0.1, 0.15) is 5.75 Å². The maximum atomic E-state index is 13.1. The summed E-state index contributed by atoms with van der Waals surface area (Å²) in [7, 11) is -3.85. The van der Waals surface area contributed by atoms with Crippen molar-refractivity contribution < 1.29 is 41.4 Å². The van der Waals surface area contributed by atoms with Crippen molar-refractivity contribution in [3.63, 3.8) is 0 Å². The zero-order valence-electron chi connectivity index (χ0n) is 22.1. The standard InChI is InChI=1S/C24H28N4O4S2.C2HF3O2/c1-15-3-4-18(14-21(15)34(31,32)28-19-5-7-20(29)8-6-19)23-16(2)26-24(33-23)27-22(30)13-17-9-11-25-12-10-17;3-2(4,5)1(6)7/h3-8,14,17,25,28-29H,9-13H2,1-2H3,(H,26,27,30);(H,6,7). The van der Waals surface area contributed by atoms with E-state index in [-0.39, 0.29) is 16.6 Å². The highest BCUT2D eigenvalue weighted by atomic mass is 32.2. The molecule has 15 heteroatoms. The van der Waals surface area contributed by atoms with Crippen LogP contribution in [0.3, 0.4) is 0 Å². The van der Waals surface area contributed by atoms with E-state index in [1.54, 1.807) is 19.1 Å². The second-order valence-electron chi connectivity index (χ2n) is 9.31. The first-order chi connectivity index (χ1) is 19.2. The van der Waals surface area contributed by atoms with Crippen LogP contribution in [0, 0.1) is 19.8 Å². The van der Waals surface area contributed by atoms with Crippen LogP contribution >= 0.6 is 11.3 Å². The fourth-order valence-electron chi connectivity index (χ4n) is 4.01. The van der Waals surface area contributed by atoms with Gasteiger partial charge in [-0.1, -0.05) is 23.5 Å². The molecule has 0 radical (unpaired) electrons. The fraction of sp³-hybridized carbons (Fsp3) is 0.346. The number of anilines is 2. The second-order valence-corrected chi connectivity index (χ2v) is 12.0. The van der Waals surface area contributed by atoms with E-state index >= 15 is 0 Å². The van der Waals surface area contributed by atoms with Gasteiger partial charge in [-0.3, -0.25) is 9.52 Å². The van der Waals surface area contributed by atoms with Gasteiger partial charge in [0.15, 0.2) is 5.13 Å². The first-order valence-electron chi connectivity index (χ1n) is 12.4. The molecule has 1 aliphatic rings. The molecule has 0 bridgehead atoms. The van der Waals surface area contributed by atoms with Gasteiger partial charge >= 0.3 is 12.1 Å². The highest BCUT2D eigenvalue weighted by molar-refractivity contribution is 7.92. The van der Waals surface area contributed by atoms with Gasteiger partial charge in [-0.05, 0) is 87.2 Å². The van der Waals surface area contributed by atoms with Crippen LogP contribution in [0.4, 0.5) is 24.0 Å². The van der Waals surface area contributed by atoms with E-state index in [4.69, 9.17) is 9.90 Å². The number of aliphatic carboxylic acids is 1. The Morgan fingerprint density at radius 2 is 1.71 bits per heavy atom. The predicted octanol–water partition coefficient (Wildman–Crippen LogP) is 4.89. The predicted molar refractivity (Wildman–Crippen MR) is 148 cm³/mol. The Bertz CT molecular complexity index is 1490. The number of carbonyl (C=O) groups excluding carboxylic acids is 1. The van der Waals surface area contributed by atoms with Crippen molar-refractivity contribution in [3.8, 4) is 16.2 Å². The van der Waals surface area contributed by atoms with Crippen LogP contribution in [-0.2, 0) is 19.6 Å². The lowest BCUT2D eigenvalue weighted by molar-refractivity contribution is -0.192. The number of nitrogens with one attached hydrogen (secondary N) is 3. The molecule has 5 N–H and O–H groups in total. The molecule has 1 aliphatic heterocycles. The number of carbonyl (C=O) groups is 2. The summed E-state index contributed by atoms with van der Waals surface area (Å²) in [6, 6.07) is 11.1. The molecule has 4 rings (SSSR count). The number of aromatic hydroxyl groups is 1. The molecule has 0 unspecified atom stereocenters. The number of piperidine rings is 1. The smallest absolute Gasteiger partial charge is 0.490 e. The summed E-state index contributed by atoms with van der Waals surface area (Å²) >= 11 is 1.34. The van der Waals surface area contributed by atoms with Crippen LogP contribution in [0.5, 0.6) is 5.75 Å². The molecule has 1 aromatic heterocycles. The second kappa shape index (κ2) is 13.3.